The lowest BCUT2D eigenvalue weighted by Gasteiger charge is -2.31. The molecular formula is C20H23N3O2. The predicted octanol–water partition coefficient (Wildman–Crippen LogP) is 2.59. The van der Waals surface area contributed by atoms with E-state index in [1.54, 1.807) is 0 Å². The highest BCUT2D eigenvalue weighted by Gasteiger charge is 2.18. The van der Waals surface area contributed by atoms with Gasteiger partial charge in [0.05, 0.1) is 0 Å². The molecule has 2 aromatic carbocycles. The van der Waals surface area contributed by atoms with Gasteiger partial charge in [0.2, 0.25) is 6.79 Å². The van der Waals surface area contributed by atoms with Gasteiger partial charge in [-0.15, -0.1) is 0 Å². The van der Waals surface area contributed by atoms with Gasteiger partial charge < -0.3 is 19.7 Å². The average Bonchev–Trinajstić information content (AvgIpc) is 3.13. The van der Waals surface area contributed by atoms with Crippen molar-refractivity contribution in [3.8, 4) is 11.5 Å². The van der Waals surface area contributed by atoms with Gasteiger partial charge in [-0.25, -0.2) is 0 Å². The predicted molar refractivity (Wildman–Crippen MR) is 98.2 cm³/mol. The van der Waals surface area contributed by atoms with Crippen LogP contribution < -0.4 is 14.8 Å². The summed E-state index contributed by atoms with van der Waals surface area (Å²) in [6.07, 6.45) is 1.99. The molecule has 0 saturated carbocycles. The first kappa shape index (κ1) is 15.8. The van der Waals surface area contributed by atoms with Gasteiger partial charge >= 0.3 is 0 Å². The normalized spacial score (nSPS) is 15.9. The van der Waals surface area contributed by atoms with E-state index in [0.717, 1.165) is 49.9 Å². The van der Waals surface area contributed by atoms with Crippen molar-refractivity contribution in [2.75, 3.05) is 26.9 Å². The summed E-state index contributed by atoms with van der Waals surface area (Å²) in [5.41, 5.74) is 4.08. The van der Waals surface area contributed by atoms with E-state index in [1.807, 2.05) is 13.1 Å². The van der Waals surface area contributed by atoms with E-state index < -0.39 is 0 Å². The number of nitrogens with one attached hydrogen (secondary N) is 1. The molecule has 4 rings (SSSR count). The smallest absolute Gasteiger partial charge is 0.231 e. The van der Waals surface area contributed by atoms with Gasteiger partial charge in [0, 0.05) is 26.7 Å². The second-order valence-electron chi connectivity index (χ2n) is 6.35. The molecule has 2 heterocycles. The van der Waals surface area contributed by atoms with Crippen LogP contribution in [0.1, 0.15) is 16.7 Å². The van der Waals surface area contributed by atoms with Gasteiger partial charge in [0.15, 0.2) is 17.5 Å². The summed E-state index contributed by atoms with van der Waals surface area (Å²) in [7, 11) is 1.85. The fourth-order valence-electron chi connectivity index (χ4n) is 3.42. The quantitative estimate of drug-likeness (QED) is 0.691. The van der Waals surface area contributed by atoms with Crippen molar-refractivity contribution in [1.29, 1.82) is 0 Å². The molecule has 130 valence electrons. The largest absolute Gasteiger partial charge is 0.454 e. The molecule has 0 amide bonds. The first-order chi connectivity index (χ1) is 12.3. The molecule has 0 radical (unpaired) electrons. The maximum atomic E-state index is 5.44. The Morgan fingerprint density at radius 3 is 2.84 bits per heavy atom. The van der Waals surface area contributed by atoms with Crippen molar-refractivity contribution in [2.45, 2.75) is 19.4 Å². The minimum Gasteiger partial charge on any atom is -0.454 e. The first-order valence-corrected chi connectivity index (χ1v) is 8.74. The maximum absolute atomic E-state index is 5.44. The molecule has 0 saturated heterocycles. The second kappa shape index (κ2) is 7.05. The minimum atomic E-state index is 0.320. The zero-order valence-corrected chi connectivity index (χ0v) is 14.5. The van der Waals surface area contributed by atoms with Crippen molar-refractivity contribution in [1.82, 2.24) is 10.2 Å². The van der Waals surface area contributed by atoms with Crippen LogP contribution in [0.15, 0.2) is 47.5 Å². The lowest BCUT2D eigenvalue weighted by molar-refractivity contribution is 0.174. The lowest BCUT2D eigenvalue weighted by atomic mass is 10.0. The summed E-state index contributed by atoms with van der Waals surface area (Å²) < 4.78 is 10.8. The Balaban J connectivity index is 1.34. The van der Waals surface area contributed by atoms with Crippen LogP contribution in [0.2, 0.25) is 0 Å². The monoisotopic (exact) mass is 337 g/mol. The van der Waals surface area contributed by atoms with E-state index in [2.05, 4.69) is 51.6 Å². The molecule has 2 aliphatic heterocycles. The molecular weight excluding hydrogens is 314 g/mol. The Morgan fingerprint density at radius 2 is 1.96 bits per heavy atom. The number of fused-ring (bicyclic) bond motifs is 2. The van der Waals surface area contributed by atoms with Gasteiger partial charge in [-0.1, -0.05) is 30.3 Å². The Hall–Kier alpha value is -2.69. The Kier molecular flexibility index (Phi) is 4.46. The molecule has 2 aromatic rings. The summed E-state index contributed by atoms with van der Waals surface area (Å²) in [5.74, 6) is 2.64. The van der Waals surface area contributed by atoms with Crippen LogP contribution >= 0.6 is 0 Å². The average molecular weight is 337 g/mol. The van der Waals surface area contributed by atoms with Crippen molar-refractivity contribution in [3.05, 3.63) is 59.2 Å². The van der Waals surface area contributed by atoms with Gasteiger partial charge in [-0.05, 0) is 41.7 Å². The third-order valence-corrected chi connectivity index (χ3v) is 4.78. The molecule has 0 unspecified atom stereocenters. The standard InChI is InChI=1S/C20H23N3O2/c1-21-20(23-11-9-16-4-2-3-5-17(16)13-23)22-10-8-15-6-7-18-19(12-15)25-14-24-18/h2-7,12H,8-11,13-14H2,1H3,(H,21,22). The van der Waals surface area contributed by atoms with Gasteiger partial charge in [0.1, 0.15) is 0 Å². The van der Waals surface area contributed by atoms with E-state index in [1.165, 1.54) is 16.7 Å². The van der Waals surface area contributed by atoms with Gasteiger partial charge in [0.25, 0.3) is 0 Å². The Bertz CT molecular complexity index is 788. The molecule has 0 bridgehead atoms. The summed E-state index contributed by atoms with van der Waals surface area (Å²) in [6, 6.07) is 14.8. The number of guanidine groups is 1. The van der Waals surface area contributed by atoms with Crippen LogP contribution in [0.3, 0.4) is 0 Å². The molecule has 1 N–H and O–H groups in total. The highest BCUT2D eigenvalue weighted by molar-refractivity contribution is 5.80. The topological polar surface area (TPSA) is 46.1 Å². The van der Waals surface area contributed by atoms with Crippen molar-refractivity contribution >= 4 is 5.96 Å². The number of aliphatic imine (C=N–C) groups is 1. The zero-order chi connectivity index (χ0) is 17.1. The van der Waals surface area contributed by atoms with Crippen molar-refractivity contribution in [3.63, 3.8) is 0 Å². The third kappa shape index (κ3) is 3.40. The molecule has 0 aromatic heterocycles. The minimum absolute atomic E-state index is 0.320. The Labute approximate surface area is 148 Å². The summed E-state index contributed by atoms with van der Waals surface area (Å²) in [4.78, 5) is 6.78. The van der Waals surface area contributed by atoms with E-state index in [0.29, 0.717) is 6.79 Å². The fourth-order valence-corrected chi connectivity index (χ4v) is 3.42. The van der Waals surface area contributed by atoms with Crippen molar-refractivity contribution in [2.24, 2.45) is 4.99 Å². The highest BCUT2D eigenvalue weighted by atomic mass is 16.7. The maximum Gasteiger partial charge on any atom is 0.231 e. The van der Waals surface area contributed by atoms with Crippen LogP contribution in [0.4, 0.5) is 0 Å². The Morgan fingerprint density at radius 1 is 1.12 bits per heavy atom. The van der Waals surface area contributed by atoms with E-state index in [4.69, 9.17) is 9.47 Å². The van der Waals surface area contributed by atoms with Crippen LogP contribution in [-0.4, -0.2) is 37.8 Å². The van der Waals surface area contributed by atoms with Crippen LogP contribution in [0.5, 0.6) is 11.5 Å². The molecule has 2 aliphatic rings. The second-order valence-corrected chi connectivity index (χ2v) is 6.35. The number of hydrogen-bond donors (Lipinski definition) is 1. The van der Waals surface area contributed by atoms with Gasteiger partial charge in [-0.2, -0.15) is 0 Å². The molecule has 0 spiro atoms. The van der Waals surface area contributed by atoms with E-state index in [9.17, 15) is 0 Å². The number of benzene rings is 2. The summed E-state index contributed by atoms with van der Waals surface area (Å²) in [5, 5.41) is 3.49. The van der Waals surface area contributed by atoms with E-state index in [-0.39, 0.29) is 0 Å². The first-order valence-electron chi connectivity index (χ1n) is 8.74. The molecule has 0 aliphatic carbocycles. The van der Waals surface area contributed by atoms with Crippen LogP contribution in [0, 0.1) is 0 Å². The van der Waals surface area contributed by atoms with E-state index >= 15 is 0 Å². The summed E-state index contributed by atoms with van der Waals surface area (Å²) >= 11 is 0. The number of hydrogen-bond acceptors (Lipinski definition) is 3. The third-order valence-electron chi connectivity index (χ3n) is 4.78. The molecule has 0 atom stereocenters. The molecule has 5 heteroatoms. The molecule has 25 heavy (non-hydrogen) atoms. The number of nitrogens with zero attached hydrogens (tertiary/aromatic N) is 2. The zero-order valence-electron chi connectivity index (χ0n) is 14.5. The SMILES string of the molecule is CN=C(NCCc1ccc2c(c1)OCO2)N1CCc2ccccc2C1. The highest BCUT2D eigenvalue weighted by Crippen LogP contribution is 2.32. The van der Waals surface area contributed by atoms with Crippen LogP contribution in [-0.2, 0) is 19.4 Å². The number of rotatable bonds is 3. The van der Waals surface area contributed by atoms with Gasteiger partial charge in [-0.3, -0.25) is 4.99 Å². The summed E-state index contributed by atoms with van der Waals surface area (Å²) in [6.45, 7) is 3.07. The van der Waals surface area contributed by atoms with Crippen molar-refractivity contribution < 1.29 is 9.47 Å². The molecule has 0 fully saturated rings. The lowest BCUT2D eigenvalue weighted by Crippen LogP contribution is -2.44. The molecule has 5 nitrogen and oxygen atoms in total. The number of ether oxygens (including phenoxy) is 2. The van der Waals surface area contributed by atoms with Crippen LogP contribution in [0.25, 0.3) is 0 Å². The fraction of sp³-hybridized carbons (Fsp3) is 0.350.